The van der Waals surface area contributed by atoms with Crippen LogP contribution in [0.25, 0.3) is 10.9 Å². The highest BCUT2D eigenvalue weighted by Gasteiger charge is 2.33. The molecule has 1 N–H and O–H groups in total. The molecule has 3 aromatic rings. The van der Waals surface area contributed by atoms with Gasteiger partial charge in [-0.15, -0.1) is 0 Å². The lowest BCUT2D eigenvalue weighted by Gasteiger charge is -2.22. The van der Waals surface area contributed by atoms with Crippen LogP contribution in [0.3, 0.4) is 0 Å². The number of aromatic nitrogens is 1. The number of rotatable bonds is 4. The number of aromatic amines is 1. The smallest absolute Gasteiger partial charge is 0.270 e. The lowest BCUT2D eigenvalue weighted by atomic mass is 10.1. The Bertz CT molecular complexity index is 894. The molecule has 4 heteroatoms. The Morgan fingerprint density at radius 1 is 1.17 bits per heavy atom. The van der Waals surface area contributed by atoms with E-state index < -0.39 is 0 Å². The number of H-pyrrole nitrogens is 1. The van der Waals surface area contributed by atoms with Gasteiger partial charge in [0.25, 0.3) is 5.91 Å². The van der Waals surface area contributed by atoms with Gasteiger partial charge in [-0.3, -0.25) is 4.79 Å². The fourth-order valence-electron chi connectivity index (χ4n) is 3.02. The van der Waals surface area contributed by atoms with Gasteiger partial charge in [0, 0.05) is 28.5 Å². The third kappa shape index (κ3) is 3.04. The number of carbonyl (C=O) groups is 1. The molecule has 24 heavy (non-hydrogen) atoms. The lowest BCUT2D eigenvalue weighted by molar-refractivity contribution is 0.0725. The summed E-state index contributed by atoms with van der Waals surface area (Å²) < 4.78 is 0. The number of nitrogens with one attached hydrogen (secondary N) is 1. The van der Waals surface area contributed by atoms with Crippen molar-refractivity contribution in [1.82, 2.24) is 9.88 Å². The molecule has 2 aromatic carbocycles. The van der Waals surface area contributed by atoms with Crippen molar-refractivity contribution in [3.63, 3.8) is 0 Å². The molecular weight excluding hydrogens is 320 g/mol. The first kappa shape index (κ1) is 15.3. The van der Waals surface area contributed by atoms with Gasteiger partial charge in [0.15, 0.2) is 0 Å². The van der Waals surface area contributed by atoms with Gasteiger partial charge in [0.1, 0.15) is 5.69 Å². The molecule has 1 heterocycles. The minimum absolute atomic E-state index is 0.0606. The van der Waals surface area contributed by atoms with Crippen molar-refractivity contribution in [3.8, 4) is 0 Å². The molecule has 0 spiro atoms. The Balaban J connectivity index is 1.62. The van der Waals surface area contributed by atoms with E-state index >= 15 is 0 Å². The first-order valence-electron chi connectivity index (χ1n) is 8.25. The van der Waals surface area contributed by atoms with E-state index in [0.717, 1.165) is 23.7 Å². The zero-order valence-corrected chi connectivity index (χ0v) is 14.3. The average Bonchev–Trinajstić information content (AvgIpc) is 3.32. The van der Waals surface area contributed by atoms with E-state index in [1.165, 1.54) is 11.1 Å². The molecule has 0 aliphatic heterocycles. The van der Waals surface area contributed by atoms with Gasteiger partial charge in [-0.1, -0.05) is 41.4 Å². The van der Waals surface area contributed by atoms with Crippen LogP contribution in [0.4, 0.5) is 0 Å². The van der Waals surface area contributed by atoms with Gasteiger partial charge < -0.3 is 9.88 Å². The SMILES string of the molecule is Cc1ccc(CN(C(=O)c2cc3cc(Cl)ccc3[nH]2)C2CC2)cc1. The molecule has 1 saturated carbocycles. The van der Waals surface area contributed by atoms with Crippen molar-refractivity contribution in [2.75, 3.05) is 0 Å². The molecule has 1 aliphatic rings. The van der Waals surface area contributed by atoms with Crippen LogP contribution in [0.5, 0.6) is 0 Å². The molecule has 3 nitrogen and oxygen atoms in total. The molecule has 4 rings (SSSR count). The molecule has 1 amide bonds. The fraction of sp³-hybridized carbons (Fsp3) is 0.250. The van der Waals surface area contributed by atoms with Crippen molar-refractivity contribution in [2.24, 2.45) is 0 Å². The topological polar surface area (TPSA) is 36.1 Å². The van der Waals surface area contributed by atoms with Crippen molar-refractivity contribution >= 4 is 28.4 Å². The van der Waals surface area contributed by atoms with Gasteiger partial charge in [-0.2, -0.15) is 0 Å². The van der Waals surface area contributed by atoms with Gasteiger partial charge >= 0.3 is 0 Å². The maximum absolute atomic E-state index is 13.0. The monoisotopic (exact) mass is 338 g/mol. The summed E-state index contributed by atoms with van der Waals surface area (Å²) >= 11 is 6.04. The summed E-state index contributed by atoms with van der Waals surface area (Å²) in [6.45, 7) is 2.73. The number of hydrogen-bond acceptors (Lipinski definition) is 1. The molecule has 1 aromatic heterocycles. The van der Waals surface area contributed by atoms with E-state index in [0.29, 0.717) is 23.3 Å². The quantitative estimate of drug-likeness (QED) is 0.719. The predicted molar refractivity (Wildman–Crippen MR) is 97.4 cm³/mol. The summed E-state index contributed by atoms with van der Waals surface area (Å²) in [6, 6.07) is 16.3. The van der Waals surface area contributed by atoms with E-state index in [1.54, 1.807) is 0 Å². The summed E-state index contributed by atoms with van der Waals surface area (Å²) in [5.41, 5.74) is 3.97. The number of aryl methyl sites for hydroxylation is 1. The van der Waals surface area contributed by atoms with Crippen molar-refractivity contribution in [2.45, 2.75) is 32.4 Å². The van der Waals surface area contributed by atoms with Crippen LogP contribution in [0.2, 0.25) is 5.02 Å². The largest absolute Gasteiger partial charge is 0.351 e. The number of amides is 1. The molecule has 0 unspecified atom stereocenters. The van der Waals surface area contributed by atoms with E-state index in [1.807, 2.05) is 29.2 Å². The number of hydrogen-bond donors (Lipinski definition) is 1. The second-order valence-electron chi connectivity index (χ2n) is 6.56. The highest BCUT2D eigenvalue weighted by atomic mass is 35.5. The molecule has 0 bridgehead atoms. The van der Waals surface area contributed by atoms with E-state index in [2.05, 4.69) is 36.2 Å². The summed E-state index contributed by atoms with van der Waals surface area (Å²) in [7, 11) is 0. The number of carbonyl (C=O) groups excluding carboxylic acids is 1. The van der Waals surface area contributed by atoms with Crippen LogP contribution in [0.15, 0.2) is 48.5 Å². The highest BCUT2D eigenvalue weighted by Crippen LogP contribution is 2.30. The molecule has 0 saturated heterocycles. The van der Waals surface area contributed by atoms with Crippen molar-refractivity contribution in [3.05, 3.63) is 70.4 Å². The third-order valence-corrected chi connectivity index (χ3v) is 4.77. The van der Waals surface area contributed by atoms with Gasteiger partial charge in [-0.25, -0.2) is 0 Å². The Kier molecular flexibility index (Phi) is 3.81. The summed E-state index contributed by atoms with van der Waals surface area (Å²) in [5, 5.41) is 1.65. The third-order valence-electron chi connectivity index (χ3n) is 4.54. The van der Waals surface area contributed by atoms with Crippen LogP contribution < -0.4 is 0 Å². The second-order valence-corrected chi connectivity index (χ2v) is 7.00. The molecule has 1 aliphatic carbocycles. The summed E-state index contributed by atoms with van der Waals surface area (Å²) in [5.74, 6) is 0.0606. The Morgan fingerprint density at radius 3 is 2.62 bits per heavy atom. The zero-order chi connectivity index (χ0) is 16.7. The van der Waals surface area contributed by atoms with Gasteiger partial charge in [0.05, 0.1) is 0 Å². The Labute approximate surface area is 146 Å². The van der Waals surface area contributed by atoms with Crippen LogP contribution in [0.1, 0.15) is 34.5 Å². The van der Waals surface area contributed by atoms with Crippen LogP contribution in [0, 0.1) is 6.92 Å². The van der Waals surface area contributed by atoms with Crippen molar-refractivity contribution in [1.29, 1.82) is 0 Å². The van der Waals surface area contributed by atoms with Gasteiger partial charge in [0.2, 0.25) is 0 Å². The molecule has 0 atom stereocenters. The van der Waals surface area contributed by atoms with E-state index in [-0.39, 0.29) is 5.91 Å². The second kappa shape index (κ2) is 5.99. The molecule has 1 fully saturated rings. The number of halogens is 1. The van der Waals surface area contributed by atoms with Crippen LogP contribution in [-0.4, -0.2) is 21.8 Å². The number of nitrogens with zero attached hydrogens (tertiary/aromatic N) is 1. The first-order valence-corrected chi connectivity index (χ1v) is 8.63. The van der Waals surface area contributed by atoms with Crippen molar-refractivity contribution < 1.29 is 4.79 Å². The van der Waals surface area contributed by atoms with Gasteiger partial charge in [-0.05, 0) is 49.6 Å². The zero-order valence-electron chi connectivity index (χ0n) is 13.6. The first-order chi connectivity index (χ1) is 11.6. The standard InChI is InChI=1S/C20H19ClN2O/c1-13-2-4-14(5-3-13)12-23(17-7-8-17)20(24)19-11-15-10-16(21)6-9-18(15)22-19/h2-6,9-11,17,22H,7-8,12H2,1H3. The highest BCUT2D eigenvalue weighted by molar-refractivity contribution is 6.31. The van der Waals surface area contributed by atoms with Crippen LogP contribution in [-0.2, 0) is 6.54 Å². The Hall–Kier alpha value is -2.26. The number of fused-ring (bicyclic) bond motifs is 1. The van der Waals surface area contributed by atoms with E-state index in [9.17, 15) is 4.79 Å². The normalized spacial score (nSPS) is 14.1. The Morgan fingerprint density at radius 2 is 1.92 bits per heavy atom. The van der Waals surface area contributed by atoms with Crippen LogP contribution >= 0.6 is 11.6 Å². The number of benzene rings is 2. The summed E-state index contributed by atoms with van der Waals surface area (Å²) in [4.78, 5) is 18.2. The lowest BCUT2D eigenvalue weighted by Crippen LogP contribution is -2.32. The predicted octanol–water partition coefficient (Wildman–Crippen LogP) is 4.93. The maximum Gasteiger partial charge on any atom is 0.270 e. The minimum Gasteiger partial charge on any atom is -0.351 e. The average molecular weight is 339 g/mol. The molecule has 122 valence electrons. The molecule has 0 radical (unpaired) electrons. The summed E-state index contributed by atoms with van der Waals surface area (Å²) in [6.07, 6.45) is 2.17. The molecular formula is C20H19ClN2O. The minimum atomic E-state index is 0.0606. The van der Waals surface area contributed by atoms with E-state index in [4.69, 9.17) is 11.6 Å². The maximum atomic E-state index is 13.0. The fourth-order valence-corrected chi connectivity index (χ4v) is 3.20.